The summed E-state index contributed by atoms with van der Waals surface area (Å²) < 4.78 is 3.79. The van der Waals surface area contributed by atoms with Crippen LogP contribution in [-0.4, -0.2) is 19.6 Å². The first-order valence-electron chi connectivity index (χ1n) is 7.06. The molecule has 0 spiro atoms. The summed E-state index contributed by atoms with van der Waals surface area (Å²) in [6.07, 6.45) is 1.85. The van der Waals surface area contributed by atoms with E-state index in [-0.39, 0.29) is 0 Å². The van der Waals surface area contributed by atoms with Crippen molar-refractivity contribution in [3.8, 4) is 16.9 Å². The van der Waals surface area contributed by atoms with E-state index in [0.29, 0.717) is 5.69 Å². The van der Waals surface area contributed by atoms with Gasteiger partial charge in [0.2, 0.25) is 0 Å². The number of hydrogen-bond donors (Lipinski definition) is 1. The van der Waals surface area contributed by atoms with Crippen molar-refractivity contribution in [2.45, 2.75) is 27.3 Å². The molecule has 0 aliphatic rings. The normalized spacial score (nSPS) is 11.0. The minimum atomic E-state index is 0.667. The zero-order chi connectivity index (χ0) is 15.0. The van der Waals surface area contributed by atoms with Gasteiger partial charge in [-0.3, -0.25) is 4.68 Å². The molecule has 0 aliphatic heterocycles. The number of anilines is 1. The molecule has 0 saturated heterocycles. The van der Waals surface area contributed by atoms with Gasteiger partial charge in [-0.15, -0.1) is 0 Å². The second-order valence-corrected chi connectivity index (χ2v) is 5.07. The van der Waals surface area contributed by atoms with Gasteiger partial charge in [-0.05, 0) is 32.9 Å². The Labute approximate surface area is 124 Å². The lowest BCUT2D eigenvalue weighted by Crippen LogP contribution is -1.99. The third-order valence-electron chi connectivity index (χ3n) is 3.68. The molecule has 0 atom stereocenters. The fourth-order valence-corrected chi connectivity index (χ4v) is 2.64. The molecule has 0 saturated carbocycles. The molecule has 0 radical (unpaired) electrons. The molecular weight excluding hydrogens is 262 g/mol. The standard InChI is InChI=1S/C16H19N5/c1-4-20-12(3)15(11(2)18-20)16-14(17)10-21(19-16)13-8-6-5-7-9-13/h5-10H,4,17H2,1-3H3. The maximum absolute atomic E-state index is 6.18. The molecule has 5 heteroatoms. The van der Waals surface area contributed by atoms with Gasteiger partial charge in [0.25, 0.3) is 0 Å². The highest BCUT2D eigenvalue weighted by Crippen LogP contribution is 2.30. The molecule has 2 heterocycles. The van der Waals surface area contributed by atoms with Gasteiger partial charge in [-0.1, -0.05) is 18.2 Å². The van der Waals surface area contributed by atoms with Crippen LogP contribution in [0.4, 0.5) is 5.69 Å². The van der Waals surface area contributed by atoms with E-state index in [0.717, 1.165) is 34.9 Å². The molecule has 2 N–H and O–H groups in total. The van der Waals surface area contributed by atoms with Crippen LogP contribution in [0.25, 0.3) is 16.9 Å². The van der Waals surface area contributed by atoms with E-state index in [2.05, 4.69) is 24.0 Å². The molecule has 0 unspecified atom stereocenters. The molecule has 108 valence electrons. The van der Waals surface area contributed by atoms with Crippen molar-refractivity contribution in [3.05, 3.63) is 47.9 Å². The number of rotatable bonds is 3. The molecule has 21 heavy (non-hydrogen) atoms. The van der Waals surface area contributed by atoms with Crippen molar-refractivity contribution in [1.29, 1.82) is 0 Å². The molecule has 0 aliphatic carbocycles. The largest absolute Gasteiger partial charge is 0.396 e. The Kier molecular flexibility index (Phi) is 3.25. The van der Waals surface area contributed by atoms with Crippen LogP contribution >= 0.6 is 0 Å². The lowest BCUT2D eigenvalue weighted by atomic mass is 10.1. The lowest BCUT2D eigenvalue weighted by molar-refractivity contribution is 0.634. The number of benzene rings is 1. The van der Waals surface area contributed by atoms with Crippen LogP contribution in [0.3, 0.4) is 0 Å². The number of aromatic nitrogens is 4. The van der Waals surface area contributed by atoms with E-state index in [1.165, 1.54) is 0 Å². The van der Waals surface area contributed by atoms with Crippen molar-refractivity contribution in [2.75, 3.05) is 5.73 Å². The predicted octanol–water partition coefficient (Wildman–Crippen LogP) is 2.95. The summed E-state index contributed by atoms with van der Waals surface area (Å²) in [6, 6.07) is 9.96. The van der Waals surface area contributed by atoms with Crippen LogP contribution < -0.4 is 5.73 Å². The Morgan fingerprint density at radius 3 is 2.43 bits per heavy atom. The molecule has 3 rings (SSSR count). The van der Waals surface area contributed by atoms with Crippen molar-refractivity contribution in [1.82, 2.24) is 19.6 Å². The van der Waals surface area contributed by atoms with Crippen LogP contribution in [0.5, 0.6) is 0 Å². The maximum Gasteiger partial charge on any atom is 0.119 e. The zero-order valence-electron chi connectivity index (χ0n) is 12.5. The first-order chi connectivity index (χ1) is 10.1. The summed E-state index contributed by atoms with van der Waals surface area (Å²) in [4.78, 5) is 0. The van der Waals surface area contributed by atoms with E-state index in [1.54, 1.807) is 0 Å². The van der Waals surface area contributed by atoms with Gasteiger partial charge in [0.1, 0.15) is 5.69 Å². The van der Waals surface area contributed by atoms with E-state index in [1.807, 2.05) is 52.8 Å². The zero-order valence-corrected chi connectivity index (χ0v) is 12.5. The number of para-hydroxylation sites is 1. The SMILES string of the molecule is CCn1nc(C)c(-c2nn(-c3ccccc3)cc2N)c1C. The number of nitrogens with two attached hydrogens (primary N) is 1. The van der Waals surface area contributed by atoms with E-state index in [4.69, 9.17) is 5.73 Å². The first-order valence-corrected chi connectivity index (χ1v) is 7.06. The van der Waals surface area contributed by atoms with Gasteiger partial charge in [-0.25, -0.2) is 4.68 Å². The minimum absolute atomic E-state index is 0.667. The summed E-state index contributed by atoms with van der Waals surface area (Å²) >= 11 is 0. The second kappa shape index (κ2) is 5.09. The highest BCUT2D eigenvalue weighted by Gasteiger charge is 2.18. The van der Waals surface area contributed by atoms with Crippen molar-refractivity contribution in [2.24, 2.45) is 0 Å². The molecule has 5 nitrogen and oxygen atoms in total. The number of nitrogens with zero attached hydrogens (tertiary/aromatic N) is 4. The average Bonchev–Trinajstić information content (AvgIpc) is 3.00. The van der Waals surface area contributed by atoms with Crippen molar-refractivity contribution < 1.29 is 0 Å². The average molecular weight is 281 g/mol. The number of aryl methyl sites for hydroxylation is 2. The summed E-state index contributed by atoms with van der Waals surface area (Å²) in [5.74, 6) is 0. The minimum Gasteiger partial charge on any atom is -0.396 e. The summed E-state index contributed by atoms with van der Waals surface area (Å²) in [6.45, 7) is 6.97. The number of nitrogen functional groups attached to an aromatic ring is 1. The fourth-order valence-electron chi connectivity index (χ4n) is 2.64. The second-order valence-electron chi connectivity index (χ2n) is 5.07. The maximum atomic E-state index is 6.18. The molecule has 0 bridgehead atoms. The van der Waals surface area contributed by atoms with Gasteiger partial charge >= 0.3 is 0 Å². The third-order valence-corrected chi connectivity index (χ3v) is 3.68. The van der Waals surface area contributed by atoms with Crippen LogP contribution in [0.15, 0.2) is 36.5 Å². The van der Waals surface area contributed by atoms with Crippen molar-refractivity contribution >= 4 is 5.69 Å². The first kappa shape index (κ1) is 13.4. The van der Waals surface area contributed by atoms with E-state index in [9.17, 15) is 0 Å². The topological polar surface area (TPSA) is 61.7 Å². The molecule has 1 aromatic carbocycles. The van der Waals surface area contributed by atoms with E-state index < -0.39 is 0 Å². The van der Waals surface area contributed by atoms with Crippen LogP contribution in [0, 0.1) is 13.8 Å². The van der Waals surface area contributed by atoms with Crippen LogP contribution in [0.1, 0.15) is 18.3 Å². The van der Waals surface area contributed by atoms with Gasteiger partial charge < -0.3 is 5.73 Å². The Balaban J connectivity index is 2.13. The van der Waals surface area contributed by atoms with Gasteiger partial charge in [0.15, 0.2) is 0 Å². The fraction of sp³-hybridized carbons (Fsp3) is 0.250. The highest BCUT2D eigenvalue weighted by atomic mass is 15.3. The van der Waals surface area contributed by atoms with Gasteiger partial charge in [-0.2, -0.15) is 10.2 Å². The van der Waals surface area contributed by atoms with Crippen LogP contribution in [0.2, 0.25) is 0 Å². The summed E-state index contributed by atoms with van der Waals surface area (Å²) in [7, 11) is 0. The Morgan fingerprint density at radius 2 is 1.81 bits per heavy atom. The van der Waals surface area contributed by atoms with E-state index >= 15 is 0 Å². The molecular formula is C16H19N5. The Morgan fingerprint density at radius 1 is 1.10 bits per heavy atom. The quantitative estimate of drug-likeness (QED) is 0.803. The molecule has 0 amide bonds. The van der Waals surface area contributed by atoms with Crippen LogP contribution in [-0.2, 0) is 6.54 Å². The Hall–Kier alpha value is -2.56. The Bertz CT molecular complexity index is 768. The van der Waals surface area contributed by atoms with Gasteiger partial charge in [0.05, 0.1) is 23.3 Å². The molecule has 2 aromatic heterocycles. The highest BCUT2D eigenvalue weighted by molar-refractivity contribution is 5.76. The molecule has 3 aromatic rings. The third kappa shape index (κ3) is 2.20. The number of hydrogen-bond acceptors (Lipinski definition) is 3. The predicted molar refractivity (Wildman–Crippen MR) is 84.3 cm³/mol. The summed E-state index contributed by atoms with van der Waals surface area (Å²) in [5.41, 5.74) is 11.7. The monoisotopic (exact) mass is 281 g/mol. The molecule has 0 fully saturated rings. The van der Waals surface area contributed by atoms with Crippen molar-refractivity contribution in [3.63, 3.8) is 0 Å². The smallest absolute Gasteiger partial charge is 0.119 e. The summed E-state index contributed by atoms with van der Waals surface area (Å²) in [5, 5.41) is 9.20. The van der Waals surface area contributed by atoms with Gasteiger partial charge in [0, 0.05) is 17.8 Å². The lowest BCUT2D eigenvalue weighted by Gasteiger charge is -2.02.